The Hall–Kier alpha value is -2.11. The van der Waals surface area contributed by atoms with E-state index in [1.54, 1.807) is 17.6 Å². The third-order valence-corrected chi connectivity index (χ3v) is 5.21. The Bertz CT molecular complexity index is 759. The van der Waals surface area contributed by atoms with Gasteiger partial charge in [0.05, 0.1) is 19.4 Å². The average Bonchev–Trinajstić information content (AvgIpc) is 3.25. The number of thiocarbonyl (C=S) groups is 1. The quantitative estimate of drug-likeness (QED) is 0.623. The lowest BCUT2D eigenvalue weighted by atomic mass is 10.1. The van der Waals surface area contributed by atoms with Gasteiger partial charge in [-0.25, -0.2) is 0 Å². The normalized spacial score (nSPS) is 10.6. The van der Waals surface area contributed by atoms with Crippen LogP contribution < -0.4 is 5.32 Å². The van der Waals surface area contributed by atoms with Crippen molar-refractivity contribution in [2.24, 2.45) is 0 Å². The molecule has 3 rings (SSSR count). The maximum Gasteiger partial charge on any atom is 0.174 e. The Morgan fingerprint density at radius 1 is 1.12 bits per heavy atom. The topological polar surface area (TPSA) is 28.4 Å². The largest absolute Gasteiger partial charge is 0.467 e. The van der Waals surface area contributed by atoms with Crippen molar-refractivity contribution in [1.82, 2.24) is 4.90 Å². The highest BCUT2D eigenvalue weighted by molar-refractivity contribution is 7.80. The molecule has 0 radical (unpaired) electrons. The molecule has 124 valence electrons. The van der Waals surface area contributed by atoms with E-state index in [1.165, 1.54) is 16.0 Å². The number of thiophene rings is 1. The van der Waals surface area contributed by atoms with E-state index in [0.29, 0.717) is 11.7 Å². The highest BCUT2D eigenvalue weighted by Gasteiger charge is 2.14. The minimum atomic E-state index is 0.640. The van der Waals surface area contributed by atoms with Crippen LogP contribution in [0.3, 0.4) is 0 Å². The number of hydrogen-bond donors (Lipinski definition) is 1. The molecule has 2 heterocycles. The zero-order valence-corrected chi connectivity index (χ0v) is 15.4. The fourth-order valence-corrected chi connectivity index (χ4v) is 3.42. The summed E-state index contributed by atoms with van der Waals surface area (Å²) in [7, 11) is 0. The number of anilines is 1. The maximum absolute atomic E-state index is 5.68. The van der Waals surface area contributed by atoms with Crippen LogP contribution in [0, 0.1) is 13.8 Å². The maximum atomic E-state index is 5.68. The predicted molar refractivity (Wildman–Crippen MR) is 104 cm³/mol. The first-order chi connectivity index (χ1) is 11.6. The van der Waals surface area contributed by atoms with Crippen LogP contribution in [0.5, 0.6) is 0 Å². The van der Waals surface area contributed by atoms with Gasteiger partial charge >= 0.3 is 0 Å². The van der Waals surface area contributed by atoms with Gasteiger partial charge in [-0.05, 0) is 66.8 Å². The summed E-state index contributed by atoms with van der Waals surface area (Å²) in [5.74, 6) is 0.900. The second-order valence-corrected chi connectivity index (χ2v) is 7.11. The van der Waals surface area contributed by atoms with E-state index >= 15 is 0 Å². The van der Waals surface area contributed by atoms with Gasteiger partial charge in [0, 0.05) is 10.6 Å². The van der Waals surface area contributed by atoms with Crippen LogP contribution in [0.4, 0.5) is 5.69 Å². The SMILES string of the molecule is Cc1cccc(NC(=S)N(Cc2ccco2)Cc2cccs2)c1C. The number of aryl methyl sites for hydroxylation is 1. The Balaban J connectivity index is 1.78. The van der Waals surface area contributed by atoms with E-state index in [-0.39, 0.29) is 0 Å². The fourth-order valence-electron chi connectivity index (χ4n) is 2.46. The van der Waals surface area contributed by atoms with Crippen molar-refractivity contribution in [1.29, 1.82) is 0 Å². The number of benzene rings is 1. The van der Waals surface area contributed by atoms with Crippen LogP contribution in [0.25, 0.3) is 0 Å². The first-order valence-corrected chi connectivity index (χ1v) is 9.09. The summed E-state index contributed by atoms with van der Waals surface area (Å²) in [6.07, 6.45) is 1.69. The van der Waals surface area contributed by atoms with Gasteiger partial charge in [0.15, 0.2) is 5.11 Å². The van der Waals surface area contributed by atoms with E-state index in [4.69, 9.17) is 16.6 Å². The van der Waals surface area contributed by atoms with Crippen molar-refractivity contribution in [2.45, 2.75) is 26.9 Å². The van der Waals surface area contributed by atoms with Crippen molar-refractivity contribution in [2.75, 3.05) is 5.32 Å². The van der Waals surface area contributed by atoms with Crippen molar-refractivity contribution < 1.29 is 4.42 Å². The summed E-state index contributed by atoms with van der Waals surface area (Å²) in [5, 5.41) is 6.18. The molecule has 0 aliphatic carbocycles. The molecule has 2 aromatic heterocycles. The Morgan fingerprint density at radius 3 is 2.71 bits per heavy atom. The monoisotopic (exact) mass is 356 g/mol. The predicted octanol–water partition coefficient (Wildman–Crippen LogP) is 5.36. The number of rotatable bonds is 5. The van der Waals surface area contributed by atoms with Crippen molar-refractivity contribution in [3.63, 3.8) is 0 Å². The summed E-state index contributed by atoms with van der Waals surface area (Å²) in [6, 6.07) is 14.3. The molecule has 0 saturated carbocycles. The summed E-state index contributed by atoms with van der Waals surface area (Å²) >= 11 is 7.42. The van der Waals surface area contributed by atoms with Gasteiger partial charge in [0.25, 0.3) is 0 Å². The molecule has 0 amide bonds. The van der Waals surface area contributed by atoms with Gasteiger partial charge < -0.3 is 14.6 Å². The minimum Gasteiger partial charge on any atom is -0.467 e. The smallest absolute Gasteiger partial charge is 0.174 e. The third-order valence-electron chi connectivity index (χ3n) is 3.99. The van der Waals surface area contributed by atoms with E-state index in [0.717, 1.165) is 18.0 Å². The molecule has 1 aromatic carbocycles. The number of hydrogen-bond acceptors (Lipinski definition) is 3. The van der Waals surface area contributed by atoms with Crippen LogP contribution in [0.2, 0.25) is 0 Å². The summed E-state index contributed by atoms with van der Waals surface area (Å²) in [4.78, 5) is 3.40. The first-order valence-electron chi connectivity index (χ1n) is 7.80. The molecule has 3 nitrogen and oxygen atoms in total. The van der Waals surface area contributed by atoms with Crippen molar-refractivity contribution >= 4 is 34.4 Å². The molecule has 0 spiro atoms. The second-order valence-electron chi connectivity index (χ2n) is 5.69. The highest BCUT2D eigenvalue weighted by atomic mass is 32.1. The van der Waals surface area contributed by atoms with Gasteiger partial charge in [0.1, 0.15) is 5.76 Å². The van der Waals surface area contributed by atoms with Gasteiger partial charge in [-0.3, -0.25) is 0 Å². The van der Waals surface area contributed by atoms with Crippen LogP contribution in [-0.4, -0.2) is 10.0 Å². The van der Waals surface area contributed by atoms with E-state index in [1.807, 2.05) is 18.2 Å². The van der Waals surface area contributed by atoms with Crippen LogP contribution in [-0.2, 0) is 13.1 Å². The van der Waals surface area contributed by atoms with E-state index in [9.17, 15) is 0 Å². The Morgan fingerprint density at radius 2 is 2.00 bits per heavy atom. The molecule has 0 aliphatic heterocycles. The van der Waals surface area contributed by atoms with Gasteiger partial charge in [-0.1, -0.05) is 18.2 Å². The summed E-state index contributed by atoms with van der Waals surface area (Å²) in [5.41, 5.74) is 3.52. The molecule has 0 atom stereocenters. The van der Waals surface area contributed by atoms with Crippen LogP contribution in [0.1, 0.15) is 21.8 Å². The zero-order valence-electron chi connectivity index (χ0n) is 13.8. The Labute approximate surface area is 151 Å². The highest BCUT2D eigenvalue weighted by Crippen LogP contribution is 2.20. The number of nitrogens with one attached hydrogen (secondary N) is 1. The lowest BCUT2D eigenvalue weighted by molar-refractivity contribution is 0.362. The molecular weight excluding hydrogens is 336 g/mol. The molecule has 5 heteroatoms. The molecular formula is C19H20N2OS2. The molecule has 24 heavy (non-hydrogen) atoms. The lowest BCUT2D eigenvalue weighted by Gasteiger charge is -2.25. The summed E-state index contributed by atoms with van der Waals surface area (Å²) in [6.45, 7) is 5.61. The summed E-state index contributed by atoms with van der Waals surface area (Å²) < 4.78 is 5.50. The van der Waals surface area contributed by atoms with Crippen molar-refractivity contribution in [3.8, 4) is 0 Å². The molecule has 0 bridgehead atoms. The van der Waals surface area contributed by atoms with E-state index in [2.05, 4.69) is 53.7 Å². The molecule has 1 N–H and O–H groups in total. The Kier molecular flexibility index (Phi) is 5.33. The number of nitrogens with zero attached hydrogens (tertiary/aromatic N) is 1. The molecule has 3 aromatic rings. The van der Waals surface area contributed by atoms with Crippen LogP contribution >= 0.6 is 23.6 Å². The molecule has 0 fully saturated rings. The van der Waals surface area contributed by atoms with Crippen molar-refractivity contribution in [3.05, 3.63) is 75.9 Å². The van der Waals surface area contributed by atoms with Gasteiger partial charge in [0.2, 0.25) is 0 Å². The average molecular weight is 357 g/mol. The van der Waals surface area contributed by atoms with E-state index < -0.39 is 0 Å². The molecule has 0 unspecified atom stereocenters. The zero-order chi connectivity index (χ0) is 16.9. The molecule has 0 saturated heterocycles. The second kappa shape index (κ2) is 7.64. The standard InChI is InChI=1S/C19H20N2OS2/c1-14-6-3-9-18(15(14)2)20-19(23)21(12-16-7-4-10-22-16)13-17-8-5-11-24-17/h3-11H,12-13H2,1-2H3,(H,20,23). The lowest BCUT2D eigenvalue weighted by Crippen LogP contribution is -2.33. The first kappa shape index (κ1) is 16.7. The van der Waals surface area contributed by atoms with Gasteiger partial charge in [-0.15, -0.1) is 11.3 Å². The number of furan rings is 1. The fraction of sp³-hybridized carbons (Fsp3) is 0.211. The third kappa shape index (κ3) is 4.04. The minimum absolute atomic E-state index is 0.640. The van der Waals surface area contributed by atoms with Crippen LogP contribution in [0.15, 0.2) is 58.5 Å². The molecule has 0 aliphatic rings. The van der Waals surface area contributed by atoms with Gasteiger partial charge in [-0.2, -0.15) is 0 Å².